The molecule has 1 aliphatic rings. The van der Waals surface area contributed by atoms with Gasteiger partial charge in [0.1, 0.15) is 12.4 Å². The zero-order valence-corrected chi connectivity index (χ0v) is 17.6. The molecule has 3 aromatic rings. The van der Waals surface area contributed by atoms with E-state index >= 15 is 0 Å². The van der Waals surface area contributed by atoms with Crippen molar-refractivity contribution < 1.29 is 9.53 Å². The Balaban J connectivity index is 1.28. The van der Waals surface area contributed by atoms with E-state index in [-0.39, 0.29) is 5.91 Å². The summed E-state index contributed by atoms with van der Waals surface area (Å²) in [4.78, 5) is 14.8. The van der Waals surface area contributed by atoms with Gasteiger partial charge in [0.05, 0.1) is 11.6 Å². The quantitative estimate of drug-likeness (QED) is 0.540. The van der Waals surface area contributed by atoms with Crippen LogP contribution in [-0.4, -0.2) is 25.6 Å². The van der Waals surface area contributed by atoms with Crippen LogP contribution in [0.25, 0.3) is 0 Å². The maximum Gasteiger partial charge on any atom is 0.251 e. The molecule has 1 aliphatic heterocycles. The summed E-state index contributed by atoms with van der Waals surface area (Å²) >= 11 is 6.06. The van der Waals surface area contributed by atoms with E-state index in [4.69, 9.17) is 16.3 Å². The van der Waals surface area contributed by atoms with E-state index in [2.05, 4.69) is 34.5 Å². The molecule has 0 spiro atoms. The number of ether oxygens (including phenoxy) is 1. The Morgan fingerprint density at radius 3 is 2.60 bits per heavy atom. The molecule has 30 heavy (non-hydrogen) atoms. The van der Waals surface area contributed by atoms with Crippen molar-refractivity contribution in [2.45, 2.75) is 19.4 Å². The SMILES string of the molecule is O=C(NCCOc1ccccc1Cl)c1ccc(CN2CCCc3ccccc32)cc1. The van der Waals surface area contributed by atoms with Crippen molar-refractivity contribution in [3.63, 3.8) is 0 Å². The van der Waals surface area contributed by atoms with Crippen LogP contribution in [0.4, 0.5) is 5.69 Å². The second kappa shape index (κ2) is 9.68. The summed E-state index contributed by atoms with van der Waals surface area (Å²) in [7, 11) is 0. The largest absolute Gasteiger partial charge is 0.490 e. The second-order valence-electron chi connectivity index (χ2n) is 7.39. The molecule has 0 aliphatic carbocycles. The van der Waals surface area contributed by atoms with Gasteiger partial charge in [-0.25, -0.2) is 0 Å². The third-order valence-electron chi connectivity index (χ3n) is 5.28. The molecule has 1 amide bonds. The van der Waals surface area contributed by atoms with Gasteiger partial charge in [-0.2, -0.15) is 0 Å². The van der Waals surface area contributed by atoms with Crippen LogP contribution in [0.15, 0.2) is 72.8 Å². The number of nitrogens with zero attached hydrogens (tertiary/aromatic N) is 1. The highest BCUT2D eigenvalue weighted by molar-refractivity contribution is 6.32. The van der Waals surface area contributed by atoms with Crippen molar-refractivity contribution in [2.24, 2.45) is 0 Å². The summed E-state index contributed by atoms with van der Waals surface area (Å²) in [6.07, 6.45) is 2.32. The lowest BCUT2D eigenvalue weighted by Crippen LogP contribution is -2.29. The van der Waals surface area contributed by atoms with Gasteiger partial charge >= 0.3 is 0 Å². The third-order valence-corrected chi connectivity index (χ3v) is 5.59. The standard InChI is InChI=1S/C25H25ClN2O2/c26-22-8-2-4-10-24(22)30-17-15-27-25(29)21-13-11-19(12-14-21)18-28-16-5-7-20-6-1-3-9-23(20)28/h1-4,6,8-14H,5,7,15-18H2,(H,27,29). The molecular formula is C25H25ClN2O2. The molecule has 1 heterocycles. The monoisotopic (exact) mass is 420 g/mol. The van der Waals surface area contributed by atoms with Crippen LogP contribution < -0.4 is 15.0 Å². The summed E-state index contributed by atoms with van der Waals surface area (Å²) in [5.41, 5.74) is 4.59. The van der Waals surface area contributed by atoms with Gasteiger partial charge in [0.15, 0.2) is 0 Å². The Morgan fingerprint density at radius 1 is 1.00 bits per heavy atom. The van der Waals surface area contributed by atoms with E-state index < -0.39 is 0 Å². The summed E-state index contributed by atoms with van der Waals surface area (Å²) < 4.78 is 5.60. The van der Waals surface area contributed by atoms with Gasteiger partial charge in [-0.1, -0.05) is 54.1 Å². The Morgan fingerprint density at radius 2 is 1.77 bits per heavy atom. The number of rotatable bonds is 7. The minimum atomic E-state index is -0.104. The lowest BCUT2D eigenvalue weighted by Gasteiger charge is -2.31. The molecule has 0 bridgehead atoms. The number of hydrogen-bond acceptors (Lipinski definition) is 3. The van der Waals surface area contributed by atoms with Gasteiger partial charge in [-0.3, -0.25) is 4.79 Å². The first kappa shape index (κ1) is 20.3. The highest BCUT2D eigenvalue weighted by Gasteiger charge is 2.16. The number of nitrogens with one attached hydrogen (secondary N) is 1. The van der Waals surface area contributed by atoms with Crippen LogP contribution in [0.3, 0.4) is 0 Å². The number of hydrogen-bond donors (Lipinski definition) is 1. The molecule has 0 unspecified atom stereocenters. The topological polar surface area (TPSA) is 41.6 Å². The first-order valence-corrected chi connectivity index (χ1v) is 10.7. The molecule has 0 saturated heterocycles. The number of carbonyl (C=O) groups excluding carboxylic acids is 1. The maximum absolute atomic E-state index is 12.4. The molecule has 0 saturated carbocycles. The van der Waals surface area contributed by atoms with E-state index in [1.165, 1.54) is 23.2 Å². The number of halogens is 1. The van der Waals surface area contributed by atoms with E-state index in [0.29, 0.717) is 29.5 Å². The maximum atomic E-state index is 12.4. The van der Waals surface area contributed by atoms with Crippen molar-refractivity contribution in [3.05, 3.63) is 94.5 Å². The molecule has 0 aromatic heterocycles. The van der Waals surface area contributed by atoms with Crippen molar-refractivity contribution in [3.8, 4) is 5.75 Å². The molecule has 0 atom stereocenters. The second-order valence-corrected chi connectivity index (χ2v) is 7.79. The number of benzene rings is 3. The number of fused-ring (bicyclic) bond motifs is 1. The van der Waals surface area contributed by atoms with Gasteiger partial charge in [0.2, 0.25) is 0 Å². The predicted molar refractivity (Wildman–Crippen MR) is 122 cm³/mol. The fourth-order valence-electron chi connectivity index (χ4n) is 3.75. The number of para-hydroxylation sites is 2. The van der Waals surface area contributed by atoms with Gasteiger partial charge < -0.3 is 15.0 Å². The third kappa shape index (κ3) is 4.95. The van der Waals surface area contributed by atoms with Crippen LogP contribution in [0, 0.1) is 0 Å². The first-order chi connectivity index (χ1) is 14.7. The molecule has 0 fully saturated rings. The Kier molecular flexibility index (Phi) is 6.55. The van der Waals surface area contributed by atoms with Crippen molar-refractivity contribution >= 4 is 23.2 Å². The van der Waals surface area contributed by atoms with E-state index in [9.17, 15) is 4.79 Å². The highest BCUT2D eigenvalue weighted by Crippen LogP contribution is 2.28. The van der Waals surface area contributed by atoms with E-state index in [1.54, 1.807) is 6.07 Å². The Labute approximate surface area is 182 Å². The highest BCUT2D eigenvalue weighted by atomic mass is 35.5. The zero-order valence-electron chi connectivity index (χ0n) is 16.8. The average molecular weight is 421 g/mol. The van der Waals surface area contributed by atoms with Crippen molar-refractivity contribution in [1.29, 1.82) is 0 Å². The molecule has 4 nitrogen and oxygen atoms in total. The predicted octanol–water partition coefficient (Wildman–Crippen LogP) is 5.10. The fraction of sp³-hybridized carbons (Fsp3) is 0.240. The smallest absolute Gasteiger partial charge is 0.251 e. The van der Waals surface area contributed by atoms with Gasteiger partial charge in [-0.15, -0.1) is 0 Å². The lowest BCUT2D eigenvalue weighted by molar-refractivity contribution is 0.0947. The first-order valence-electron chi connectivity index (χ1n) is 10.3. The van der Waals surface area contributed by atoms with Crippen LogP contribution in [0.1, 0.15) is 27.9 Å². The molecular weight excluding hydrogens is 396 g/mol. The van der Waals surface area contributed by atoms with Crippen LogP contribution in [0.5, 0.6) is 5.75 Å². The normalized spacial score (nSPS) is 12.9. The van der Waals surface area contributed by atoms with Crippen LogP contribution in [0.2, 0.25) is 5.02 Å². The zero-order chi connectivity index (χ0) is 20.8. The summed E-state index contributed by atoms with van der Waals surface area (Å²) in [5.74, 6) is 0.518. The number of anilines is 1. The van der Waals surface area contributed by atoms with Gasteiger partial charge in [0, 0.05) is 24.3 Å². The van der Waals surface area contributed by atoms with Crippen LogP contribution >= 0.6 is 11.6 Å². The average Bonchev–Trinajstić information content (AvgIpc) is 2.78. The summed E-state index contributed by atoms with van der Waals surface area (Å²) in [5, 5.41) is 3.45. The fourth-order valence-corrected chi connectivity index (χ4v) is 3.94. The summed E-state index contributed by atoms with van der Waals surface area (Å²) in [6.45, 7) is 2.69. The Bertz CT molecular complexity index is 1000. The summed E-state index contributed by atoms with van der Waals surface area (Å²) in [6, 6.07) is 23.8. The number of amides is 1. The van der Waals surface area contributed by atoms with Gasteiger partial charge in [0.25, 0.3) is 5.91 Å². The number of aryl methyl sites for hydroxylation is 1. The molecule has 0 radical (unpaired) electrons. The molecule has 3 aromatic carbocycles. The van der Waals surface area contributed by atoms with Crippen molar-refractivity contribution in [2.75, 3.05) is 24.6 Å². The molecule has 1 N–H and O–H groups in total. The lowest BCUT2D eigenvalue weighted by atomic mass is 10.0. The molecule has 154 valence electrons. The number of carbonyl (C=O) groups is 1. The molecule has 5 heteroatoms. The minimum absolute atomic E-state index is 0.104. The van der Waals surface area contributed by atoms with Crippen molar-refractivity contribution in [1.82, 2.24) is 5.32 Å². The van der Waals surface area contributed by atoms with Gasteiger partial charge in [-0.05, 0) is 54.3 Å². The Hall–Kier alpha value is -2.98. The molecule has 4 rings (SSSR count). The van der Waals surface area contributed by atoms with E-state index in [0.717, 1.165) is 19.5 Å². The minimum Gasteiger partial charge on any atom is -0.490 e. The van der Waals surface area contributed by atoms with Crippen LogP contribution in [-0.2, 0) is 13.0 Å². The van der Waals surface area contributed by atoms with E-state index in [1.807, 2.05) is 42.5 Å².